The minimum atomic E-state index is -0.482. The summed E-state index contributed by atoms with van der Waals surface area (Å²) in [5.74, 6) is 1.81. The Labute approximate surface area is 156 Å². The zero-order valence-electron chi connectivity index (χ0n) is 14.7. The molecule has 2 aromatic heterocycles. The lowest BCUT2D eigenvalue weighted by Crippen LogP contribution is -2.42. The van der Waals surface area contributed by atoms with Gasteiger partial charge in [-0.1, -0.05) is 18.5 Å². The molecule has 3 rings (SSSR count). The van der Waals surface area contributed by atoms with E-state index in [4.69, 9.17) is 16.3 Å². The van der Waals surface area contributed by atoms with E-state index in [0.29, 0.717) is 23.3 Å². The van der Waals surface area contributed by atoms with Crippen molar-refractivity contribution < 1.29 is 9.66 Å². The quantitative estimate of drug-likeness (QED) is 0.582. The molecule has 1 atom stereocenters. The number of nitrogens with zero attached hydrogens (tertiary/aromatic N) is 5. The molecule has 1 unspecified atom stereocenters. The summed E-state index contributed by atoms with van der Waals surface area (Å²) < 4.78 is 5.91. The molecule has 0 bridgehead atoms. The largest absolute Gasteiger partial charge is 0.472 e. The van der Waals surface area contributed by atoms with Gasteiger partial charge in [0.05, 0.1) is 17.2 Å². The van der Waals surface area contributed by atoms with Crippen molar-refractivity contribution in [2.75, 3.05) is 18.0 Å². The number of hydrogen-bond donors (Lipinski definition) is 0. The summed E-state index contributed by atoms with van der Waals surface area (Å²) in [4.78, 5) is 25.3. The molecule has 1 aliphatic heterocycles. The molecule has 0 aromatic carbocycles. The first-order chi connectivity index (χ1) is 12.5. The number of nitro groups is 1. The average molecular weight is 378 g/mol. The fraction of sp³-hybridized carbons (Fsp3) is 0.471. The highest BCUT2D eigenvalue weighted by Crippen LogP contribution is 2.30. The van der Waals surface area contributed by atoms with Gasteiger partial charge in [-0.25, -0.2) is 15.0 Å². The second kappa shape index (κ2) is 7.82. The fourth-order valence-corrected chi connectivity index (χ4v) is 3.33. The van der Waals surface area contributed by atoms with Crippen molar-refractivity contribution >= 4 is 23.1 Å². The highest BCUT2D eigenvalue weighted by Gasteiger charge is 2.25. The molecule has 3 heterocycles. The van der Waals surface area contributed by atoms with Crippen LogP contribution in [0, 0.1) is 17.0 Å². The molecule has 0 saturated carbocycles. The second-order valence-corrected chi connectivity index (χ2v) is 6.53. The zero-order chi connectivity index (χ0) is 18.7. The van der Waals surface area contributed by atoms with E-state index in [9.17, 15) is 10.1 Å². The lowest BCUT2D eigenvalue weighted by Gasteiger charge is -2.34. The molecule has 8 nitrogen and oxygen atoms in total. The third-order valence-corrected chi connectivity index (χ3v) is 4.63. The SMILES string of the molecule is CCc1nc(C)nc(N2CCCC(Oc3ccc([N+](=O)[O-])cn3)C2)c1Cl. The molecular weight excluding hydrogens is 358 g/mol. The van der Waals surface area contributed by atoms with Gasteiger partial charge in [0, 0.05) is 18.7 Å². The standard InChI is InChI=1S/C17H20ClN5O3/c1-3-14-16(18)17(21-11(2)20-14)22-8-4-5-13(10-22)26-15-7-6-12(9-19-15)23(24)25/h6-7,9,13H,3-5,8,10H2,1-2H3. The van der Waals surface area contributed by atoms with E-state index in [2.05, 4.69) is 19.9 Å². The van der Waals surface area contributed by atoms with Gasteiger partial charge in [-0.15, -0.1) is 0 Å². The molecule has 0 amide bonds. The Morgan fingerprint density at radius 2 is 2.23 bits per heavy atom. The van der Waals surface area contributed by atoms with Crippen LogP contribution in [0.5, 0.6) is 5.88 Å². The van der Waals surface area contributed by atoms with Crippen molar-refractivity contribution in [2.45, 2.75) is 39.2 Å². The molecule has 1 saturated heterocycles. The third-order valence-electron chi connectivity index (χ3n) is 4.25. The molecule has 26 heavy (non-hydrogen) atoms. The highest BCUT2D eigenvalue weighted by molar-refractivity contribution is 6.33. The van der Waals surface area contributed by atoms with Crippen molar-refractivity contribution in [3.8, 4) is 5.88 Å². The van der Waals surface area contributed by atoms with E-state index in [-0.39, 0.29) is 11.8 Å². The van der Waals surface area contributed by atoms with Crippen LogP contribution in [0.2, 0.25) is 5.02 Å². The lowest BCUT2D eigenvalue weighted by atomic mass is 10.1. The summed E-state index contributed by atoms with van der Waals surface area (Å²) in [5.41, 5.74) is 0.784. The topological polar surface area (TPSA) is 94.3 Å². The number of aromatic nitrogens is 3. The van der Waals surface area contributed by atoms with Crippen LogP contribution in [-0.4, -0.2) is 39.1 Å². The number of rotatable bonds is 5. The van der Waals surface area contributed by atoms with Gasteiger partial charge in [0.25, 0.3) is 5.69 Å². The first-order valence-corrected chi connectivity index (χ1v) is 8.90. The predicted molar refractivity (Wildman–Crippen MR) is 97.9 cm³/mol. The summed E-state index contributed by atoms with van der Waals surface area (Å²) in [5, 5.41) is 11.3. The van der Waals surface area contributed by atoms with E-state index in [1.54, 1.807) is 0 Å². The predicted octanol–water partition coefficient (Wildman–Crippen LogP) is 3.35. The molecule has 138 valence electrons. The van der Waals surface area contributed by atoms with Crippen molar-refractivity contribution in [1.82, 2.24) is 15.0 Å². The average Bonchev–Trinajstić information content (AvgIpc) is 2.64. The molecule has 0 spiro atoms. The van der Waals surface area contributed by atoms with Gasteiger partial charge in [-0.3, -0.25) is 10.1 Å². The number of piperidine rings is 1. The van der Waals surface area contributed by atoms with Gasteiger partial charge in [0.2, 0.25) is 5.88 Å². The fourth-order valence-electron chi connectivity index (χ4n) is 2.99. The van der Waals surface area contributed by atoms with Gasteiger partial charge in [-0.05, 0) is 26.2 Å². The molecule has 9 heteroatoms. The number of aryl methyl sites for hydroxylation is 2. The van der Waals surface area contributed by atoms with Gasteiger partial charge in [0.1, 0.15) is 23.1 Å². The Morgan fingerprint density at radius 3 is 2.88 bits per heavy atom. The highest BCUT2D eigenvalue weighted by atomic mass is 35.5. The molecule has 1 aliphatic rings. The second-order valence-electron chi connectivity index (χ2n) is 6.15. The van der Waals surface area contributed by atoms with Crippen LogP contribution in [-0.2, 0) is 6.42 Å². The number of pyridine rings is 1. The Kier molecular flexibility index (Phi) is 5.51. The first-order valence-electron chi connectivity index (χ1n) is 8.53. The van der Waals surface area contributed by atoms with Crippen LogP contribution in [0.1, 0.15) is 31.3 Å². The van der Waals surface area contributed by atoms with E-state index in [1.165, 1.54) is 18.3 Å². The lowest BCUT2D eigenvalue weighted by molar-refractivity contribution is -0.385. The summed E-state index contributed by atoms with van der Waals surface area (Å²) in [7, 11) is 0. The Balaban J connectivity index is 1.73. The van der Waals surface area contributed by atoms with Gasteiger partial charge < -0.3 is 9.64 Å². The summed E-state index contributed by atoms with van der Waals surface area (Å²) in [6.45, 7) is 5.34. The van der Waals surface area contributed by atoms with Crippen LogP contribution in [0.3, 0.4) is 0 Å². The zero-order valence-corrected chi connectivity index (χ0v) is 15.4. The maximum atomic E-state index is 10.7. The molecule has 0 radical (unpaired) electrons. The van der Waals surface area contributed by atoms with Crippen molar-refractivity contribution in [1.29, 1.82) is 0 Å². The minimum absolute atomic E-state index is 0.0574. The molecule has 2 aromatic rings. The van der Waals surface area contributed by atoms with Crippen molar-refractivity contribution in [3.05, 3.63) is 45.0 Å². The maximum Gasteiger partial charge on any atom is 0.287 e. The summed E-state index contributed by atoms with van der Waals surface area (Å²) in [6, 6.07) is 2.91. The van der Waals surface area contributed by atoms with Crippen molar-refractivity contribution in [3.63, 3.8) is 0 Å². The summed E-state index contributed by atoms with van der Waals surface area (Å²) >= 11 is 6.49. The molecule has 0 N–H and O–H groups in total. The maximum absolute atomic E-state index is 10.7. The van der Waals surface area contributed by atoms with Crippen LogP contribution in [0.25, 0.3) is 0 Å². The van der Waals surface area contributed by atoms with Gasteiger partial charge in [0.15, 0.2) is 5.82 Å². The van der Waals surface area contributed by atoms with Gasteiger partial charge >= 0.3 is 0 Å². The van der Waals surface area contributed by atoms with Gasteiger partial charge in [-0.2, -0.15) is 0 Å². The van der Waals surface area contributed by atoms with Crippen molar-refractivity contribution in [2.24, 2.45) is 0 Å². The molecular formula is C17H20ClN5O3. The Morgan fingerprint density at radius 1 is 1.42 bits per heavy atom. The number of halogens is 1. The van der Waals surface area contributed by atoms with Crippen LogP contribution in [0.4, 0.5) is 11.5 Å². The smallest absolute Gasteiger partial charge is 0.287 e. The van der Waals surface area contributed by atoms with Crippen LogP contribution < -0.4 is 9.64 Å². The van der Waals surface area contributed by atoms with Crippen LogP contribution >= 0.6 is 11.6 Å². The van der Waals surface area contributed by atoms with E-state index < -0.39 is 4.92 Å². The molecule has 0 aliphatic carbocycles. The third kappa shape index (κ3) is 4.01. The number of ether oxygens (including phenoxy) is 1. The van der Waals surface area contributed by atoms with E-state index in [1.807, 2.05) is 13.8 Å². The van der Waals surface area contributed by atoms with E-state index in [0.717, 1.165) is 37.3 Å². The summed E-state index contributed by atoms with van der Waals surface area (Å²) in [6.07, 6.45) is 3.66. The number of anilines is 1. The minimum Gasteiger partial charge on any atom is -0.472 e. The Hall–Kier alpha value is -2.48. The molecule has 1 fully saturated rings. The van der Waals surface area contributed by atoms with Crippen LogP contribution in [0.15, 0.2) is 18.3 Å². The van der Waals surface area contributed by atoms with E-state index >= 15 is 0 Å². The Bertz CT molecular complexity index is 800. The monoisotopic (exact) mass is 377 g/mol. The normalized spacial score (nSPS) is 17.2. The first kappa shape index (κ1) is 18.3. The number of hydrogen-bond acceptors (Lipinski definition) is 7.